The number of hydrogen-bond donors (Lipinski definition) is 0. The molecule has 0 aliphatic rings. The molecule has 144 valence electrons. The van der Waals surface area contributed by atoms with Crippen molar-refractivity contribution in [1.82, 2.24) is 4.98 Å². The summed E-state index contributed by atoms with van der Waals surface area (Å²) in [5, 5.41) is 4.99. The van der Waals surface area contributed by atoms with Crippen LogP contribution >= 0.6 is 11.3 Å². The first-order chi connectivity index (χ1) is 13.8. The Hall–Kier alpha value is -2.78. The Bertz CT molecular complexity index is 1410. The fraction of sp³-hybridized carbons (Fsp3) is 0.192. The normalized spacial score (nSPS) is 12.3. The molecular weight excluding hydrogens is 377 g/mol. The predicted molar refractivity (Wildman–Crippen MR) is 123 cm³/mol. The molecule has 0 bridgehead atoms. The molecule has 5 rings (SSSR count). The zero-order valence-electron chi connectivity index (χ0n) is 17.0. The third-order valence-corrected chi connectivity index (χ3v) is 6.59. The van der Waals surface area contributed by atoms with Gasteiger partial charge in [-0.2, -0.15) is 0 Å². The van der Waals surface area contributed by atoms with Crippen molar-refractivity contribution in [2.24, 2.45) is 0 Å². The first kappa shape index (κ1) is 18.3. The minimum absolute atomic E-state index is 0.0299. The highest BCUT2D eigenvalue weighted by atomic mass is 32.1. The molecule has 29 heavy (non-hydrogen) atoms. The maximum atomic E-state index is 14.3. The summed E-state index contributed by atoms with van der Waals surface area (Å²) in [7, 11) is 0. The first-order valence-electron chi connectivity index (χ1n) is 9.84. The number of aromatic nitrogens is 1. The monoisotopic (exact) mass is 399 g/mol. The van der Waals surface area contributed by atoms with E-state index in [1.165, 1.54) is 26.6 Å². The number of thiophene rings is 1. The van der Waals surface area contributed by atoms with Crippen LogP contribution in [0.25, 0.3) is 42.9 Å². The molecule has 2 heterocycles. The number of nitrogens with zero attached hydrogens (tertiary/aromatic N) is 1. The maximum Gasteiger partial charge on any atom is 0.131 e. The lowest BCUT2D eigenvalue weighted by Gasteiger charge is -2.21. The van der Waals surface area contributed by atoms with E-state index in [-0.39, 0.29) is 11.2 Å². The summed E-state index contributed by atoms with van der Waals surface area (Å²) in [5.74, 6) is -0.187. The van der Waals surface area contributed by atoms with Crippen molar-refractivity contribution >= 4 is 43.0 Å². The van der Waals surface area contributed by atoms with E-state index in [1.54, 1.807) is 6.07 Å². The van der Waals surface area contributed by atoms with Gasteiger partial charge in [0, 0.05) is 32.1 Å². The van der Waals surface area contributed by atoms with Crippen molar-refractivity contribution in [2.75, 3.05) is 0 Å². The summed E-state index contributed by atoms with van der Waals surface area (Å²) < 4.78 is 15.6. The molecule has 1 nitrogen and oxygen atoms in total. The molecule has 0 saturated carbocycles. The van der Waals surface area contributed by atoms with Crippen molar-refractivity contribution in [1.29, 1.82) is 0 Å². The van der Waals surface area contributed by atoms with E-state index in [0.717, 1.165) is 27.4 Å². The third kappa shape index (κ3) is 2.92. The van der Waals surface area contributed by atoms with E-state index in [2.05, 4.69) is 45.9 Å². The van der Waals surface area contributed by atoms with Gasteiger partial charge in [-0.25, -0.2) is 4.39 Å². The van der Waals surface area contributed by atoms with Crippen LogP contribution in [0.5, 0.6) is 0 Å². The zero-order valence-corrected chi connectivity index (χ0v) is 17.8. The van der Waals surface area contributed by atoms with Crippen LogP contribution in [0.3, 0.4) is 0 Å². The molecule has 2 aromatic heterocycles. The van der Waals surface area contributed by atoms with Crippen molar-refractivity contribution in [2.45, 2.75) is 33.1 Å². The molecule has 0 aliphatic carbocycles. The van der Waals surface area contributed by atoms with Gasteiger partial charge >= 0.3 is 0 Å². The van der Waals surface area contributed by atoms with E-state index in [1.807, 2.05) is 41.8 Å². The van der Waals surface area contributed by atoms with Crippen LogP contribution < -0.4 is 0 Å². The number of rotatable bonds is 1. The highest BCUT2D eigenvalue weighted by Gasteiger charge is 2.20. The summed E-state index contributed by atoms with van der Waals surface area (Å²) in [5.41, 5.74) is 3.43. The van der Waals surface area contributed by atoms with E-state index in [4.69, 9.17) is 4.98 Å². The SMILES string of the molecule is Cc1cc2c(C(C)(C)C)cc(-c3nccc4c3ccc3c(F)cccc34)cc2s1. The van der Waals surface area contributed by atoms with Crippen LogP contribution in [0, 0.1) is 12.7 Å². The van der Waals surface area contributed by atoms with Gasteiger partial charge in [-0.3, -0.25) is 4.98 Å². The molecular formula is C26H22FNS. The quantitative estimate of drug-likeness (QED) is 0.260. The fourth-order valence-electron chi connectivity index (χ4n) is 4.24. The number of fused-ring (bicyclic) bond motifs is 4. The lowest BCUT2D eigenvalue weighted by Crippen LogP contribution is -2.11. The highest BCUT2D eigenvalue weighted by Crippen LogP contribution is 2.40. The van der Waals surface area contributed by atoms with Gasteiger partial charge in [0.2, 0.25) is 0 Å². The molecule has 0 amide bonds. The van der Waals surface area contributed by atoms with Crippen molar-refractivity contribution in [3.8, 4) is 11.3 Å². The van der Waals surface area contributed by atoms with Gasteiger partial charge in [0.05, 0.1) is 5.69 Å². The van der Waals surface area contributed by atoms with E-state index in [0.29, 0.717) is 5.39 Å². The Morgan fingerprint density at radius 1 is 0.828 bits per heavy atom. The van der Waals surface area contributed by atoms with Crippen LogP contribution in [-0.2, 0) is 5.41 Å². The van der Waals surface area contributed by atoms with Crippen LogP contribution in [0.4, 0.5) is 4.39 Å². The Morgan fingerprint density at radius 2 is 1.59 bits per heavy atom. The number of benzene rings is 3. The minimum atomic E-state index is -0.187. The van der Waals surface area contributed by atoms with Gasteiger partial charge in [0.1, 0.15) is 5.82 Å². The van der Waals surface area contributed by atoms with Gasteiger partial charge < -0.3 is 0 Å². The van der Waals surface area contributed by atoms with Crippen LogP contribution in [0.15, 0.2) is 60.8 Å². The summed E-state index contributed by atoms with van der Waals surface area (Å²) >= 11 is 1.82. The lowest BCUT2D eigenvalue weighted by atomic mass is 9.83. The highest BCUT2D eigenvalue weighted by molar-refractivity contribution is 7.19. The maximum absolute atomic E-state index is 14.3. The average molecular weight is 400 g/mol. The largest absolute Gasteiger partial charge is 0.256 e. The van der Waals surface area contributed by atoms with E-state index < -0.39 is 0 Å². The zero-order chi connectivity index (χ0) is 20.3. The summed E-state index contributed by atoms with van der Waals surface area (Å²) in [6.07, 6.45) is 1.84. The molecule has 0 saturated heterocycles. The molecule has 0 aliphatic heterocycles. The van der Waals surface area contributed by atoms with Gasteiger partial charge in [0.15, 0.2) is 0 Å². The molecule has 0 atom stereocenters. The number of aryl methyl sites for hydroxylation is 1. The molecule has 3 heteroatoms. The van der Waals surface area contributed by atoms with Gasteiger partial charge in [-0.15, -0.1) is 11.3 Å². The first-order valence-corrected chi connectivity index (χ1v) is 10.7. The second-order valence-corrected chi connectivity index (χ2v) is 9.99. The average Bonchev–Trinajstić information content (AvgIpc) is 3.06. The van der Waals surface area contributed by atoms with Crippen molar-refractivity contribution in [3.05, 3.63) is 77.1 Å². The molecule has 5 aromatic rings. The predicted octanol–water partition coefficient (Wildman–Crippen LogP) is 8.01. The smallest absolute Gasteiger partial charge is 0.131 e. The lowest BCUT2D eigenvalue weighted by molar-refractivity contribution is 0.596. The number of halogens is 1. The Morgan fingerprint density at radius 3 is 2.38 bits per heavy atom. The minimum Gasteiger partial charge on any atom is -0.256 e. The third-order valence-electron chi connectivity index (χ3n) is 5.59. The molecule has 0 spiro atoms. The van der Waals surface area contributed by atoms with Crippen molar-refractivity contribution < 1.29 is 4.39 Å². The fourth-order valence-corrected chi connectivity index (χ4v) is 5.23. The Labute approximate surface area is 173 Å². The molecule has 3 aromatic carbocycles. The van der Waals surface area contributed by atoms with Gasteiger partial charge in [-0.05, 0) is 64.4 Å². The Balaban J connectivity index is 1.85. The second-order valence-electron chi connectivity index (χ2n) is 8.70. The van der Waals surface area contributed by atoms with Gasteiger partial charge in [-0.1, -0.05) is 45.0 Å². The van der Waals surface area contributed by atoms with Gasteiger partial charge in [0.25, 0.3) is 0 Å². The topological polar surface area (TPSA) is 12.9 Å². The number of pyridine rings is 1. The van der Waals surface area contributed by atoms with Crippen LogP contribution in [0.1, 0.15) is 31.2 Å². The molecule has 0 unspecified atom stereocenters. The molecule has 0 fully saturated rings. The van der Waals surface area contributed by atoms with Crippen molar-refractivity contribution in [3.63, 3.8) is 0 Å². The summed E-state index contributed by atoms with van der Waals surface area (Å²) in [6, 6.07) is 18.0. The Kier molecular flexibility index (Phi) is 4.01. The molecule has 0 N–H and O–H groups in total. The van der Waals surface area contributed by atoms with E-state index >= 15 is 0 Å². The number of hydrogen-bond acceptors (Lipinski definition) is 2. The standard InChI is InChI=1S/C26H22FNS/c1-15-12-21-22(26(2,3)4)13-16(14-24(21)29-15)25-20-9-8-19-17(6-5-7-23(19)27)18(20)10-11-28-25/h5-14H,1-4H3. The second kappa shape index (κ2) is 6.36. The van der Waals surface area contributed by atoms with E-state index in [9.17, 15) is 4.39 Å². The van der Waals surface area contributed by atoms with Crippen LogP contribution in [-0.4, -0.2) is 4.98 Å². The van der Waals surface area contributed by atoms with Crippen LogP contribution in [0.2, 0.25) is 0 Å². The molecule has 0 radical (unpaired) electrons. The summed E-state index contributed by atoms with van der Waals surface area (Å²) in [4.78, 5) is 6.07. The summed E-state index contributed by atoms with van der Waals surface area (Å²) in [6.45, 7) is 8.93.